The molecule has 0 fully saturated rings. The fourth-order valence-corrected chi connectivity index (χ4v) is 2.62. The quantitative estimate of drug-likeness (QED) is 0.608. The van der Waals surface area contributed by atoms with Crippen LogP contribution >= 0.6 is 11.8 Å². The molecule has 0 aromatic rings. The monoisotopic (exact) mass is 203 g/mol. The molecule has 2 heteroatoms. The maximum absolute atomic E-state index is 3.33. The van der Waals surface area contributed by atoms with Crippen molar-refractivity contribution in [2.45, 2.75) is 40.0 Å². The summed E-state index contributed by atoms with van der Waals surface area (Å²) in [6.07, 6.45) is 3.96. The van der Waals surface area contributed by atoms with Gasteiger partial charge >= 0.3 is 0 Å². The second-order valence-corrected chi connectivity index (χ2v) is 5.08. The molecule has 1 N–H and O–H groups in total. The van der Waals surface area contributed by atoms with Crippen LogP contribution in [0, 0.1) is 5.41 Å². The van der Waals surface area contributed by atoms with Crippen LogP contribution in [-0.4, -0.2) is 25.1 Å². The zero-order valence-electron chi connectivity index (χ0n) is 9.65. The van der Waals surface area contributed by atoms with E-state index in [-0.39, 0.29) is 0 Å². The largest absolute Gasteiger partial charge is 0.319 e. The van der Waals surface area contributed by atoms with E-state index >= 15 is 0 Å². The summed E-state index contributed by atoms with van der Waals surface area (Å²) in [7, 11) is 2.06. The van der Waals surface area contributed by atoms with Gasteiger partial charge in [-0.1, -0.05) is 20.8 Å². The minimum absolute atomic E-state index is 0.552. The molecule has 0 aliphatic rings. The van der Waals surface area contributed by atoms with Gasteiger partial charge in [0.25, 0.3) is 0 Å². The summed E-state index contributed by atoms with van der Waals surface area (Å²) >= 11 is 2.06. The summed E-state index contributed by atoms with van der Waals surface area (Å²) < 4.78 is 0. The van der Waals surface area contributed by atoms with Crippen molar-refractivity contribution in [3.05, 3.63) is 0 Å². The van der Waals surface area contributed by atoms with Crippen LogP contribution in [0.4, 0.5) is 0 Å². The number of nitrogens with one attached hydrogen (secondary N) is 1. The van der Waals surface area contributed by atoms with E-state index in [2.05, 4.69) is 44.9 Å². The molecular formula is C11H25NS. The Labute approximate surface area is 88.1 Å². The minimum atomic E-state index is 0.552. The third kappa shape index (κ3) is 4.92. The lowest BCUT2D eigenvalue weighted by molar-refractivity contribution is 0.247. The van der Waals surface area contributed by atoms with Gasteiger partial charge in [0.2, 0.25) is 0 Å². The van der Waals surface area contributed by atoms with E-state index in [1.54, 1.807) is 0 Å². The van der Waals surface area contributed by atoms with E-state index in [9.17, 15) is 0 Å². The van der Waals surface area contributed by atoms with Gasteiger partial charge in [0, 0.05) is 6.54 Å². The Morgan fingerprint density at radius 2 is 1.77 bits per heavy atom. The van der Waals surface area contributed by atoms with Gasteiger partial charge in [0.15, 0.2) is 0 Å². The Bertz CT molecular complexity index is 111. The van der Waals surface area contributed by atoms with Crippen LogP contribution in [-0.2, 0) is 0 Å². The first-order valence-corrected chi connectivity index (χ1v) is 6.62. The van der Waals surface area contributed by atoms with Crippen LogP contribution in [0.25, 0.3) is 0 Å². The minimum Gasteiger partial charge on any atom is -0.319 e. The maximum atomic E-state index is 3.33. The molecule has 0 atom stereocenters. The van der Waals surface area contributed by atoms with Crippen molar-refractivity contribution in [2.24, 2.45) is 5.41 Å². The standard InChI is InChI=1S/C11H25NS/c1-5-11(6-2,10-12-4)8-9-13-7-3/h12H,5-10H2,1-4H3. The molecule has 0 unspecified atom stereocenters. The normalized spacial score (nSPS) is 12.0. The van der Waals surface area contributed by atoms with Gasteiger partial charge in [0.1, 0.15) is 0 Å². The Morgan fingerprint density at radius 1 is 1.15 bits per heavy atom. The molecule has 0 radical (unpaired) electrons. The topological polar surface area (TPSA) is 12.0 Å². The Hall–Kier alpha value is 0.310. The van der Waals surface area contributed by atoms with Gasteiger partial charge in [-0.05, 0) is 43.2 Å². The van der Waals surface area contributed by atoms with Crippen molar-refractivity contribution in [3.63, 3.8) is 0 Å². The summed E-state index contributed by atoms with van der Waals surface area (Å²) in [6.45, 7) is 8.04. The molecule has 0 saturated carbocycles. The molecule has 0 aromatic heterocycles. The van der Waals surface area contributed by atoms with Crippen LogP contribution in [0.15, 0.2) is 0 Å². The molecule has 0 amide bonds. The highest BCUT2D eigenvalue weighted by molar-refractivity contribution is 7.99. The Morgan fingerprint density at radius 3 is 2.15 bits per heavy atom. The van der Waals surface area contributed by atoms with Gasteiger partial charge in [-0.2, -0.15) is 11.8 Å². The zero-order valence-corrected chi connectivity index (χ0v) is 10.5. The van der Waals surface area contributed by atoms with Crippen LogP contribution in [0.3, 0.4) is 0 Å². The lowest BCUT2D eigenvalue weighted by Crippen LogP contribution is -2.32. The lowest BCUT2D eigenvalue weighted by Gasteiger charge is -2.31. The van der Waals surface area contributed by atoms with Gasteiger partial charge in [-0.25, -0.2) is 0 Å². The fraction of sp³-hybridized carbons (Fsp3) is 1.00. The van der Waals surface area contributed by atoms with E-state index < -0.39 is 0 Å². The average molecular weight is 203 g/mol. The van der Waals surface area contributed by atoms with Crippen molar-refractivity contribution >= 4 is 11.8 Å². The van der Waals surface area contributed by atoms with Crippen LogP contribution in [0.2, 0.25) is 0 Å². The van der Waals surface area contributed by atoms with Crippen molar-refractivity contribution in [2.75, 3.05) is 25.1 Å². The summed E-state index contributed by atoms with van der Waals surface area (Å²) in [4.78, 5) is 0. The SMILES string of the molecule is CCSCCC(CC)(CC)CNC. The summed E-state index contributed by atoms with van der Waals surface area (Å²) in [5.41, 5.74) is 0.552. The molecule has 0 heterocycles. The van der Waals surface area contributed by atoms with Gasteiger partial charge in [0.05, 0.1) is 0 Å². The van der Waals surface area contributed by atoms with Crippen molar-refractivity contribution < 1.29 is 0 Å². The van der Waals surface area contributed by atoms with E-state index in [1.807, 2.05) is 0 Å². The lowest BCUT2D eigenvalue weighted by atomic mass is 9.80. The number of thioether (sulfide) groups is 1. The number of rotatable bonds is 8. The first-order valence-electron chi connectivity index (χ1n) is 5.47. The third-order valence-electron chi connectivity index (χ3n) is 3.03. The molecule has 13 heavy (non-hydrogen) atoms. The van der Waals surface area contributed by atoms with Gasteiger partial charge in [-0.3, -0.25) is 0 Å². The van der Waals surface area contributed by atoms with Gasteiger partial charge in [-0.15, -0.1) is 0 Å². The predicted octanol–water partition coefficient (Wildman–Crippen LogP) is 3.16. The first-order chi connectivity index (χ1) is 6.24. The van der Waals surface area contributed by atoms with Crippen molar-refractivity contribution in [1.82, 2.24) is 5.32 Å². The van der Waals surface area contributed by atoms with Crippen molar-refractivity contribution in [3.8, 4) is 0 Å². The zero-order chi connectivity index (χ0) is 10.2. The number of hydrogen-bond donors (Lipinski definition) is 1. The Balaban J connectivity index is 3.89. The summed E-state index contributed by atoms with van der Waals surface area (Å²) in [5.74, 6) is 2.57. The highest BCUT2D eigenvalue weighted by Crippen LogP contribution is 2.31. The van der Waals surface area contributed by atoms with E-state index in [0.717, 1.165) is 0 Å². The van der Waals surface area contributed by atoms with E-state index in [1.165, 1.54) is 37.3 Å². The Kier molecular flexibility index (Phi) is 7.87. The predicted molar refractivity (Wildman–Crippen MR) is 64.6 cm³/mol. The molecule has 0 bridgehead atoms. The molecule has 0 aromatic carbocycles. The van der Waals surface area contributed by atoms with Crippen LogP contribution in [0.1, 0.15) is 40.0 Å². The molecule has 0 saturated heterocycles. The smallest absolute Gasteiger partial charge is 0.000489 e. The maximum Gasteiger partial charge on any atom is 0.000489 e. The van der Waals surface area contributed by atoms with E-state index in [4.69, 9.17) is 0 Å². The summed E-state index contributed by atoms with van der Waals surface area (Å²) in [5, 5.41) is 3.33. The average Bonchev–Trinajstić information content (AvgIpc) is 2.17. The molecule has 80 valence electrons. The molecular weight excluding hydrogens is 178 g/mol. The van der Waals surface area contributed by atoms with Crippen LogP contribution < -0.4 is 5.32 Å². The number of hydrogen-bond acceptors (Lipinski definition) is 2. The molecule has 0 spiro atoms. The second kappa shape index (κ2) is 7.69. The van der Waals surface area contributed by atoms with Crippen LogP contribution in [0.5, 0.6) is 0 Å². The first kappa shape index (κ1) is 13.3. The molecule has 0 aliphatic carbocycles. The van der Waals surface area contributed by atoms with Crippen molar-refractivity contribution in [1.29, 1.82) is 0 Å². The fourth-order valence-electron chi connectivity index (χ4n) is 1.75. The summed E-state index contributed by atoms with van der Waals surface area (Å²) in [6, 6.07) is 0. The molecule has 0 aliphatic heterocycles. The third-order valence-corrected chi connectivity index (χ3v) is 3.93. The van der Waals surface area contributed by atoms with Gasteiger partial charge < -0.3 is 5.32 Å². The van der Waals surface area contributed by atoms with E-state index in [0.29, 0.717) is 5.41 Å². The second-order valence-electron chi connectivity index (χ2n) is 3.68. The molecule has 1 nitrogen and oxygen atoms in total. The highest BCUT2D eigenvalue weighted by Gasteiger charge is 2.24. The molecule has 0 rings (SSSR count). The highest BCUT2D eigenvalue weighted by atomic mass is 32.2.